The second-order valence-electron chi connectivity index (χ2n) is 7.89. The van der Waals surface area contributed by atoms with Gasteiger partial charge in [-0.3, -0.25) is 9.56 Å². The molecule has 2 N–H and O–H groups in total. The quantitative estimate of drug-likeness (QED) is 0.441. The van der Waals surface area contributed by atoms with Gasteiger partial charge in [-0.05, 0) is 29.3 Å². The molecule has 0 fully saturated rings. The number of nitrogens with zero attached hydrogens (tertiary/aromatic N) is 4. The van der Waals surface area contributed by atoms with Crippen molar-refractivity contribution in [3.8, 4) is 11.5 Å². The topological polar surface area (TPSA) is 91.7 Å². The zero-order chi connectivity index (χ0) is 24.2. The Morgan fingerprint density at radius 1 is 1.03 bits per heavy atom. The zero-order valence-electron chi connectivity index (χ0n) is 19.1. The second-order valence-corrected chi connectivity index (χ2v) is 8.90. The fourth-order valence-corrected chi connectivity index (χ4v) is 5.10. The lowest BCUT2D eigenvalue weighted by Crippen LogP contribution is -2.41. The first-order valence-electron chi connectivity index (χ1n) is 11.2. The van der Waals surface area contributed by atoms with Gasteiger partial charge in [-0.15, -0.1) is 10.2 Å². The molecular weight excluding hydrogens is 460 g/mol. The molecule has 1 unspecified atom stereocenters. The molecule has 1 atom stereocenters. The number of thiazole rings is 1. The summed E-state index contributed by atoms with van der Waals surface area (Å²) in [6.45, 7) is 0.194. The molecule has 4 aromatic rings. The van der Waals surface area contributed by atoms with Gasteiger partial charge in [-0.25, -0.2) is 0 Å². The molecule has 3 aromatic carbocycles. The highest BCUT2D eigenvalue weighted by molar-refractivity contribution is 7.07. The van der Waals surface area contributed by atoms with E-state index in [1.165, 1.54) is 18.4 Å². The average Bonchev–Trinajstić information content (AvgIpc) is 3.25. The summed E-state index contributed by atoms with van der Waals surface area (Å²) >= 11 is 1.48. The predicted molar refractivity (Wildman–Crippen MR) is 136 cm³/mol. The van der Waals surface area contributed by atoms with E-state index in [0.717, 1.165) is 26.9 Å². The average molecular weight is 485 g/mol. The van der Waals surface area contributed by atoms with Crippen molar-refractivity contribution in [2.75, 3.05) is 20.3 Å². The van der Waals surface area contributed by atoms with Crippen LogP contribution in [0.15, 0.2) is 94.1 Å². The Balaban J connectivity index is 1.77. The lowest BCUT2D eigenvalue weighted by atomic mass is 9.96. The van der Waals surface area contributed by atoms with E-state index in [4.69, 9.17) is 9.73 Å². The summed E-state index contributed by atoms with van der Waals surface area (Å²) in [6.07, 6.45) is 1.98. The summed E-state index contributed by atoms with van der Waals surface area (Å²) in [5, 5.41) is 28.8. The van der Waals surface area contributed by atoms with Crippen molar-refractivity contribution in [2.24, 2.45) is 15.2 Å². The van der Waals surface area contributed by atoms with Gasteiger partial charge in [-0.2, -0.15) is 0 Å². The molecule has 8 heteroatoms. The van der Waals surface area contributed by atoms with Crippen LogP contribution in [0.4, 0.5) is 0 Å². The minimum absolute atomic E-state index is 0.0650. The van der Waals surface area contributed by atoms with E-state index in [1.807, 2.05) is 60.7 Å². The number of aromatic hydroxyl groups is 1. The predicted octanol–water partition coefficient (Wildman–Crippen LogP) is 2.61. The molecule has 1 aliphatic heterocycles. The molecular formula is C27H24N4O3S. The van der Waals surface area contributed by atoms with E-state index in [0.29, 0.717) is 16.0 Å². The smallest absolute Gasteiger partial charge is 0.213 e. The summed E-state index contributed by atoms with van der Waals surface area (Å²) in [5.74, 6) is 0.470. The Morgan fingerprint density at radius 2 is 1.77 bits per heavy atom. The zero-order valence-corrected chi connectivity index (χ0v) is 19.9. The van der Waals surface area contributed by atoms with Crippen molar-refractivity contribution >= 4 is 23.1 Å². The van der Waals surface area contributed by atoms with Crippen molar-refractivity contribution in [3.05, 3.63) is 110 Å². The molecule has 0 amide bonds. The number of phenolic OH excluding ortho intramolecular Hbond substituents is 1. The van der Waals surface area contributed by atoms with Gasteiger partial charge in [0.25, 0.3) is 0 Å². The van der Waals surface area contributed by atoms with Crippen LogP contribution in [0.1, 0.15) is 22.7 Å². The molecule has 35 heavy (non-hydrogen) atoms. The fourth-order valence-electron chi connectivity index (χ4n) is 4.08. The van der Waals surface area contributed by atoms with Crippen LogP contribution in [0.25, 0.3) is 6.08 Å². The third-order valence-electron chi connectivity index (χ3n) is 5.66. The summed E-state index contributed by atoms with van der Waals surface area (Å²) in [6, 6.07) is 25.1. The van der Waals surface area contributed by atoms with Crippen molar-refractivity contribution in [3.63, 3.8) is 0 Å². The van der Waals surface area contributed by atoms with Crippen LogP contribution in [0.5, 0.6) is 11.5 Å². The fraction of sp³-hybridized carbons (Fsp3) is 0.148. The Hall–Kier alpha value is -4.01. The van der Waals surface area contributed by atoms with E-state index >= 15 is 0 Å². The highest BCUT2D eigenvalue weighted by atomic mass is 32.1. The van der Waals surface area contributed by atoms with Gasteiger partial charge in [-0.1, -0.05) is 78.1 Å². The number of aliphatic hydroxyl groups excluding tert-OH is 1. The van der Waals surface area contributed by atoms with Crippen molar-refractivity contribution in [1.29, 1.82) is 0 Å². The normalized spacial score (nSPS) is 15.9. The first-order valence-corrected chi connectivity index (χ1v) is 12.0. The molecule has 0 bridgehead atoms. The number of hydrogen-bond donors (Lipinski definition) is 2. The Labute approximate surface area is 206 Å². The van der Waals surface area contributed by atoms with E-state index in [1.54, 1.807) is 12.1 Å². The number of aromatic nitrogens is 1. The van der Waals surface area contributed by atoms with Crippen LogP contribution in [-0.4, -0.2) is 40.8 Å². The third kappa shape index (κ3) is 4.53. The van der Waals surface area contributed by atoms with Gasteiger partial charge < -0.3 is 14.9 Å². The molecule has 5 rings (SSSR count). The van der Waals surface area contributed by atoms with Crippen LogP contribution in [-0.2, 0) is 0 Å². The molecule has 7 nitrogen and oxygen atoms in total. The summed E-state index contributed by atoms with van der Waals surface area (Å²) in [5.41, 5.74) is 4.43. The molecule has 1 aromatic heterocycles. The number of hydrogen-bond acceptors (Lipinski definition) is 7. The maximum absolute atomic E-state index is 9.99. The van der Waals surface area contributed by atoms with E-state index < -0.39 is 0 Å². The summed E-state index contributed by atoms with van der Waals surface area (Å²) < 4.78 is 8.24. The van der Waals surface area contributed by atoms with Crippen molar-refractivity contribution in [2.45, 2.75) is 6.04 Å². The number of benzene rings is 3. The summed E-state index contributed by atoms with van der Waals surface area (Å²) in [4.78, 5) is 5.47. The van der Waals surface area contributed by atoms with Crippen LogP contribution in [0.2, 0.25) is 0 Å². The van der Waals surface area contributed by atoms with E-state index in [-0.39, 0.29) is 24.9 Å². The number of rotatable bonds is 6. The minimum Gasteiger partial charge on any atom is -0.504 e. The van der Waals surface area contributed by atoms with Gasteiger partial charge in [0.2, 0.25) is 4.80 Å². The monoisotopic (exact) mass is 484 g/mol. The maximum atomic E-state index is 9.99. The lowest BCUT2D eigenvalue weighted by Gasteiger charge is -2.23. The molecule has 176 valence electrons. The Kier molecular flexibility index (Phi) is 6.56. The van der Waals surface area contributed by atoms with Gasteiger partial charge in [0.05, 0.1) is 30.5 Å². The van der Waals surface area contributed by atoms with E-state index in [2.05, 4.69) is 26.9 Å². The Bertz CT molecular complexity index is 1560. The highest BCUT2D eigenvalue weighted by Gasteiger charge is 2.27. The van der Waals surface area contributed by atoms with Gasteiger partial charge in [0.1, 0.15) is 11.5 Å². The molecule has 2 heterocycles. The van der Waals surface area contributed by atoms with Gasteiger partial charge in [0.15, 0.2) is 11.5 Å². The first kappa shape index (κ1) is 22.8. The molecule has 0 saturated carbocycles. The number of methoxy groups -OCH3 is 1. The molecule has 1 aliphatic rings. The summed E-state index contributed by atoms with van der Waals surface area (Å²) in [7, 11) is 1.52. The Morgan fingerprint density at radius 3 is 2.49 bits per heavy atom. The maximum Gasteiger partial charge on any atom is 0.213 e. The third-order valence-corrected chi connectivity index (χ3v) is 6.65. The van der Waals surface area contributed by atoms with Crippen molar-refractivity contribution in [1.82, 2.24) is 4.57 Å². The molecule has 0 aliphatic carbocycles. The molecule has 0 saturated heterocycles. The van der Waals surface area contributed by atoms with Gasteiger partial charge >= 0.3 is 0 Å². The highest BCUT2D eigenvalue weighted by Crippen LogP contribution is 2.27. The first-order chi connectivity index (χ1) is 17.2. The van der Waals surface area contributed by atoms with Gasteiger partial charge in [0, 0.05) is 5.56 Å². The number of ether oxygens (including phenoxy) is 1. The number of fused-ring (bicyclic) bond motifs is 1. The second kappa shape index (κ2) is 10.1. The number of phenols is 1. The lowest BCUT2D eigenvalue weighted by molar-refractivity contribution is 0.305. The van der Waals surface area contributed by atoms with Crippen LogP contribution < -0.4 is 19.6 Å². The van der Waals surface area contributed by atoms with Crippen LogP contribution in [0.3, 0.4) is 0 Å². The van der Waals surface area contributed by atoms with Crippen molar-refractivity contribution < 1.29 is 14.9 Å². The minimum atomic E-state index is -0.240. The van der Waals surface area contributed by atoms with E-state index in [9.17, 15) is 10.2 Å². The largest absolute Gasteiger partial charge is 0.504 e. The molecule has 0 spiro atoms. The number of aliphatic hydroxyl groups is 1. The van der Waals surface area contributed by atoms with Crippen LogP contribution in [0, 0.1) is 0 Å². The van der Waals surface area contributed by atoms with Crippen LogP contribution >= 0.6 is 11.3 Å². The SMILES string of the molecule is COc1cc(/C=c2\sc3n(c2=NCCO)C(c2ccccc2)C(c2ccccc2)=NN=3)ccc1O. The molecule has 0 radical (unpaired) electrons. The standard InChI is InChI=1S/C27H24N4O3S/c1-34-22-16-18(12-13-21(22)33)17-23-26(28-14-15-32)31-25(20-10-6-3-7-11-20)24(29-30-27(31)35-23)19-8-4-2-5-9-19/h2-13,16-17,25,32-33H,14-15H2,1H3/b23-17-,28-26?.